The molecule has 0 amide bonds. The molecule has 0 bridgehead atoms. The molecule has 0 N–H and O–H groups in total. The summed E-state index contributed by atoms with van der Waals surface area (Å²) in [7, 11) is 1.56. The molecule has 3 heterocycles. The van der Waals surface area contributed by atoms with Crippen molar-refractivity contribution in [1.82, 2.24) is 15.0 Å². The summed E-state index contributed by atoms with van der Waals surface area (Å²) in [6.45, 7) is 0.342. The van der Waals surface area contributed by atoms with Crippen LogP contribution in [0, 0.1) is 0 Å². The second-order valence-electron chi connectivity index (χ2n) is 5.61. The van der Waals surface area contributed by atoms with Gasteiger partial charge in [0.15, 0.2) is 0 Å². The molecular weight excluding hydrogens is 316 g/mol. The largest absolute Gasteiger partial charge is 0.487 e. The fourth-order valence-corrected chi connectivity index (χ4v) is 2.63. The lowest BCUT2D eigenvalue weighted by atomic mass is 10.1. The van der Waals surface area contributed by atoms with E-state index in [1.165, 1.54) is 5.56 Å². The van der Waals surface area contributed by atoms with E-state index in [9.17, 15) is 0 Å². The van der Waals surface area contributed by atoms with Crippen LogP contribution in [-0.4, -0.2) is 27.8 Å². The molecule has 0 atom stereocenters. The van der Waals surface area contributed by atoms with Crippen molar-refractivity contribution < 1.29 is 9.47 Å². The molecule has 6 heteroatoms. The third-order valence-electron chi connectivity index (χ3n) is 3.94. The number of hydrogen-bond acceptors (Lipinski definition) is 6. The Bertz CT molecular complexity index is 908. The number of hydrogen-bond donors (Lipinski definition) is 0. The minimum absolute atomic E-state index is 0.342. The second-order valence-corrected chi connectivity index (χ2v) is 5.61. The molecule has 0 aliphatic carbocycles. The molecule has 0 fully saturated rings. The number of aromatic nitrogens is 3. The van der Waals surface area contributed by atoms with E-state index in [0.717, 1.165) is 34.8 Å². The molecule has 25 heavy (non-hydrogen) atoms. The Hall–Kier alpha value is -3.28. The van der Waals surface area contributed by atoms with E-state index in [-0.39, 0.29) is 0 Å². The number of nitrogens with zero attached hydrogens (tertiary/aromatic N) is 4. The van der Waals surface area contributed by atoms with Crippen molar-refractivity contribution in [2.45, 2.75) is 13.0 Å². The summed E-state index contributed by atoms with van der Waals surface area (Å²) in [6.07, 6.45) is 7.63. The van der Waals surface area contributed by atoms with Crippen molar-refractivity contribution in [3.63, 3.8) is 0 Å². The highest BCUT2D eigenvalue weighted by Crippen LogP contribution is 2.32. The highest BCUT2D eigenvalue weighted by atomic mass is 16.5. The quantitative estimate of drug-likeness (QED) is 0.718. The zero-order valence-corrected chi connectivity index (χ0v) is 13.7. The van der Waals surface area contributed by atoms with Gasteiger partial charge >= 0.3 is 0 Å². The van der Waals surface area contributed by atoms with Crippen LogP contribution in [0.25, 0.3) is 0 Å². The lowest BCUT2D eigenvalue weighted by molar-refractivity contribution is 0.299. The summed E-state index contributed by atoms with van der Waals surface area (Å²) in [6, 6.07) is 9.91. The second kappa shape index (κ2) is 6.68. The van der Waals surface area contributed by atoms with Gasteiger partial charge in [-0.3, -0.25) is 15.0 Å². The molecule has 0 saturated heterocycles. The van der Waals surface area contributed by atoms with Gasteiger partial charge in [-0.2, -0.15) is 0 Å². The van der Waals surface area contributed by atoms with Crippen LogP contribution in [0.1, 0.15) is 16.8 Å². The fraction of sp³-hybridized carbons (Fsp3) is 0.158. The Labute approximate surface area is 145 Å². The van der Waals surface area contributed by atoms with Gasteiger partial charge in [0.05, 0.1) is 36.6 Å². The molecular formula is C19H16N4O2. The Morgan fingerprint density at radius 1 is 1.08 bits per heavy atom. The predicted molar refractivity (Wildman–Crippen MR) is 93.5 cm³/mol. The number of methoxy groups -OCH3 is 1. The summed E-state index contributed by atoms with van der Waals surface area (Å²) >= 11 is 0. The number of aliphatic imine (C=N–C) groups is 1. The molecule has 0 spiro atoms. The van der Waals surface area contributed by atoms with Gasteiger partial charge in [-0.25, -0.2) is 4.98 Å². The van der Waals surface area contributed by atoms with Crippen LogP contribution < -0.4 is 9.47 Å². The van der Waals surface area contributed by atoms with Gasteiger partial charge in [-0.15, -0.1) is 0 Å². The molecule has 3 aromatic rings. The van der Waals surface area contributed by atoms with Crippen molar-refractivity contribution in [3.05, 3.63) is 71.9 Å². The summed E-state index contributed by atoms with van der Waals surface area (Å²) in [5.41, 5.74) is 4.95. The Kier molecular flexibility index (Phi) is 4.08. The lowest BCUT2D eigenvalue weighted by Gasteiger charge is -2.07. The smallest absolute Gasteiger partial charge is 0.231 e. The topological polar surface area (TPSA) is 69.5 Å². The number of ether oxygens (including phenoxy) is 2. The molecule has 6 nitrogen and oxygen atoms in total. The van der Waals surface area contributed by atoms with E-state index in [0.29, 0.717) is 12.5 Å². The first kappa shape index (κ1) is 15.3. The first-order valence-corrected chi connectivity index (χ1v) is 7.90. The van der Waals surface area contributed by atoms with Gasteiger partial charge in [0.1, 0.15) is 12.4 Å². The Morgan fingerprint density at radius 3 is 2.80 bits per heavy atom. The maximum Gasteiger partial charge on any atom is 0.231 e. The van der Waals surface area contributed by atoms with Gasteiger partial charge in [0.2, 0.25) is 5.88 Å². The Balaban J connectivity index is 1.47. The van der Waals surface area contributed by atoms with Crippen molar-refractivity contribution in [3.8, 4) is 11.6 Å². The van der Waals surface area contributed by atoms with Crippen molar-refractivity contribution in [1.29, 1.82) is 0 Å². The first-order chi connectivity index (χ1) is 12.3. The number of benzene rings is 1. The SMILES string of the molecule is COc1cnc(COc2ccc3c(c2)N=C(c2cccnc2)C3)cn1. The van der Waals surface area contributed by atoms with Crippen LogP contribution in [0.2, 0.25) is 0 Å². The summed E-state index contributed by atoms with van der Waals surface area (Å²) in [5.74, 6) is 1.24. The van der Waals surface area contributed by atoms with Gasteiger partial charge in [-0.1, -0.05) is 12.1 Å². The van der Waals surface area contributed by atoms with Crippen LogP contribution in [-0.2, 0) is 13.0 Å². The van der Waals surface area contributed by atoms with Gasteiger partial charge in [-0.05, 0) is 17.7 Å². The third-order valence-corrected chi connectivity index (χ3v) is 3.94. The number of fused-ring (bicyclic) bond motifs is 1. The monoisotopic (exact) mass is 332 g/mol. The van der Waals surface area contributed by atoms with Crippen molar-refractivity contribution in [2.24, 2.45) is 4.99 Å². The zero-order chi connectivity index (χ0) is 17.1. The van der Waals surface area contributed by atoms with Gasteiger partial charge in [0, 0.05) is 30.4 Å². The minimum Gasteiger partial charge on any atom is -0.487 e. The summed E-state index contributed by atoms with van der Waals surface area (Å²) in [5, 5.41) is 0. The van der Waals surface area contributed by atoms with E-state index >= 15 is 0 Å². The van der Waals surface area contributed by atoms with Gasteiger partial charge < -0.3 is 9.47 Å². The summed E-state index contributed by atoms with van der Waals surface area (Å²) < 4.78 is 10.8. The molecule has 4 rings (SSSR count). The maximum absolute atomic E-state index is 5.81. The fourth-order valence-electron chi connectivity index (χ4n) is 2.63. The maximum atomic E-state index is 5.81. The van der Waals surface area contributed by atoms with E-state index in [4.69, 9.17) is 14.5 Å². The van der Waals surface area contributed by atoms with E-state index in [2.05, 4.69) is 21.0 Å². The van der Waals surface area contributed by atoms with E-state index in [1.54, 1.807) is 25.7 Å². The molecule has 1 aliphatic rings. The summed E-state index contributed by atoms with van der Waals surface area (Å²) in [4.78, 5) is 17.2. The average Bonchev–Trinajstić information content (AvgIpc) is 3.11. The lowest BCUT2D eigenvalue weighted by Crippen LogP contribution is -2.00. The van der Waals surface area contributed by atoms with Gasteiger partial charge in [0.25, 0.3) is 0 Å². The molecule has 0 radical (unpaired) electrons. The minimum atomic E-state index is 0.342. The normalized spacial score (nSPS) is 12.4. The Morgan fingerprint density at radius 2 is 2.04 bits per heavy atom. The van der Waals surface area contributed by atoms with Crippen LogP contribution >= 0.6 is 0 Å². The van der Waals surface area contributed by atoms with Crippen LogP contribution in [0.4, 0.5) is 5.69 Å². The molecule has 0 unspecified atom stereocenters. The molecule has 1 aliphatic heterocycles. The first-order valence-electron chi connectivity index (χ1n) is 7.90. The zero-order valence-electron chi connectivity index (χ0n) is 13.7. The van der Waals surface area contributed by atoms with Crippen LogP contribution in [0.5, 0.6) is 11.6 Å². The molecule has 0 saturated carbocycles. The van der Waals surface area contributed by atoms with Crippen molar-refractivity contribution in [2.75, 3.05) is 7.11 Å². The highest BCUT2D eigenvalue weighted by molar-refractivity contribution is 6.06. The molecule has 2 aromatic heterocycles. The van der Waals surface area contributed by atoms with E-state index in [1.807, 2.05) is 30.5 Å². The molecule has 1 aromatic carbocycles. The number of pyridine rings is 1. The third kappa shape index (κ3) is 3.33. The predicted octanol–water partition coefficient (Wildman–Crippen LogP) is 3.14. The van der Waals surface area contributed by atoms with Crippen LogP contribution in [0.3, 0.4) is 0 Å². The molecule has 124 valence electrons. The standard InChI is InChI=1S/C19H16N4O2/c1-24-19-11-21-15(10-22-19)12-25-16-5-4-13-7-17(23-18(13)8-16)14-3-2-6-20-9-14/h2-6,8-11H,7,12H2,1H3. The average molecular weight is 332 g/mol. The van der Waals surface area contributed by atoms with E-state index < -0.39 is 0 Å². The highest BCUT2D eigenvalue weighted by Gasteiger charge is 2.16. The van der Waals surface area contributed by atoms with Crippen LogP contribution in [0.15, 0.2) is 60.1 Å². The number of rotatable bonds is 5. The van der Waals surface area contributed by atoms with Crippen molar-refractivity contribution >= 4 is 11.4 Å².